The normalized spacial score (nSPS) is 10.7. The van der Waals surface area contributed by atoms with Crippen LogP contribution in [-0.2, 0) is 0 Å². The first-order valence-corrected chi connectivity index (χ1v) is 5.39. The van der Waals surface area contributed by atoms with Gasteiger partial charge in [0.25, 0.3) is 0 Å². The van der Waals surface area contributed by atoms with Gasteiger partial charge in [-0.2, -0.15) is 0 Å². The second-order valence-corrected chi connectivity index (χ2v) is 3.80. The van der Waals surface area contributed by atoms with Gasteiger partial charge in [0.2, 0.25) is 0 Å². The van der Waals surface area contributed by atoms with E-state index in [4.69, 9.17) is 9.15 Å². The maximum absolute atomic E-state index is 11.2. The molecule has 0 fully saturated rings. The summed E-state index contributed by atoms with van der Waals surface area (Å²) < 4.78 is 10.4. The Bertz CT molecular complexity index is 744. The van der Waals surface area contributed by atoms with Crippen molar-refractivity contribution < 1.29 is 9.15 Å². The smallest absolute Gasteiger partial charge is 0.417 e. The van der Waals surface area contributed by atoms with Crippen molar-refractivity contribution in [3.05, 3.63) is 47.2 Å². The Morgan fingerprint density at radius 2 is 2.28 bits per heavy atom. The topological polar surface area (TPSA) is 68.1 Å². The van der Waals surface area contributed by atoms with Gasteiger partial charge in [-0.05, 0) is 12.1 Å². The van der Waals surface area contributed by atoms with E-state index in [-0.39, 0.29) is 0 Å². The summed E-state index contributed by atoms with van der Waals surface area (Å²) >= 11 is 0. The van der Waals surface area contributed by atoms with E-state index < -0.39 is 5.76 Å². The van der Waals surface area contributed by atoms with Crippen molar-refractivity contribution in [1.29, 1.82) is 0 Å². The lowest BCUT2D eigenvalue weighted by molar-refractivity contribution is 0.417. The van der Waals surface area contributed by atoms with E-state index in [1.54, 1.807) is 31.6 Å². The molecule has 18 heavy (non-hydrogen) atoms. The van der Waals surface area contributed by atoms with Gasteiger partial charge < -0.3 is 9.15 Å². The van der Waals surface area contributed by atoms with Crippen LogP contribution in [0.5, 0.6) is 5.75 Å². The lowest BCUT2D eigenvalue weighted by Crippen LogP contribution is -1.93. The van der Waals surface area contributed by atoms with Gasteiger partial charge >= 0.3 is 5.76 Å². The van der Waals surface area contributed by atoms with Crippen LogP contribution in [0.1, 0.15) is 0 Å². The minimum Gasteiger partial charge on any atom is -0.496 e. The Labute approximate surface area is 102 Å². The van der Waals surface area contributed by atoms with Gasteiger partial charge in [0.15, 0.2) is 5.58 Å². The first kappa shape index (κ1) is 10.6. The van der Waals surface area contributed by atoms with Crippen molar-refractivity contribution in [2.24, 2.45) is 0 Å². The Morgan fingerprint density at radius 1 is 1.39 bits per heavy atom. The Morgan fingerprint density at radius 3 is 3.00 bits per heavy atom. The van der Waals surface area contributed by atoms with Crippen molar-refractivity contribution in [1.82, 2.24) is 9.97 Å². The zero-order valence-corrected chi connectivity index (χ0v) is 9.64. The number of nitrogens with one attached hydrogen (secondary N) is 1. The number of nitrogens with zero attached hydrogens (tertiary/aromatic N) is 1. The zero-order chi connectivity index (χ0) is 12.5. The average Bonchev–Trinajstić information content (AvgIpc) is 2.77. The highest BCUT2D eigenvalue weighted by Crippen LogP contribution is 2.32. The van der Waals surface area contributed by atoms with Crippen LogP contribution in [0, 0.1) is 0 Å². The fraction of sp³-hybridized carbons (Fsp3) is 0.0769. The summed E-state index contributed by atoms with van der Waals surface area (Å²) in [6.07, 6.45) is 3.43. The molecule has 0 aliphatic heterocycles. The van der Waals surface area contributed by atoms with Gasteiger partial charge in [-0.25, -0.2) is 4.79 Å². The van der Waals surface area contributed by atoms with Crippen LogP contribution in [-0.4, -0.2) is 17.1 Å². The summed E-state index contributed by atoms with van der Waals surface area (Å²) in [5.74, 6) is 0.183. The van der Waals surface area contributed by atoms with Crippen LogP contribution >= 0.6 is 0 Å². The molecule has 2 heterocycles. The molecular formula is C13H10N2O3. The van der Waals surface area contributed by atoms with E-state index in [9.17, 15) is 4.79 Å². The lowest BCUT2D eigenvalue weighted by atomic mass is 10.1. The average molecular weight is 242 g/mol. The number of hydrogen-bond acceptors (Lipinski definition) is 4. The number of rotatable bonds is 2. The summed E-state index contributed by atoms with van der Waals surface area (Å²) in [5.41, 5.74) is 2.85. The third kappa shape index (κ3) is 1.66. The van der Waals surface area contributed by atoms with Gasteiger partial charge in [-0.1, -0.05) is 6.07 Å². The van der Waals surface area contributed by atoms with Crippen LogP contribution in [0.25, 0.3) is 22.2 Å². The number of H-pyrrole nitrogens is 1. The van der Waals surface area contributed by atoms with Crippen molar-refractivity contribution in [3.8, 4) is 16.9 Å². The highest BCUT2D eigenvalue weighted by atomic mass is 16.5. The van der Waals surface area contributed by atoms with E-state index in [1.807, 2.05) is 12.1 Å². The van der Waals surface area contributed by atoms with Crippen LogP contribution in [0.2, 0.25) is 0 Å². The largest absolute Gasteiger partial charge is 0.496 e. The lowest BCUT2D eigenvalue weighted by Gasteiger charge is -2.07. The minimum atomic E-state index is -0.476. The van der Waals surface area contributed by atoms with E-state index in [0.29, 0.717) is 16.8 Å². The molecule has 1 N–H and O–H groups in total. The van der Waals surface area contributed by atoms with E-state index >= 15 is 0 Å². The third-order valence-corrected chi connectivity index (χ3v) is 2.71. The number of fused-ring (bicyclic) bond motifs is 1. The molecule has 90 valence electrons. The minimum absolute atomic E-state index is 0.476. The summed E-state index contributed by atoms with van der Waals surface area (Å²) in [6, 6.07) is 7.26. The van der Waals surface area contributed by atoms with Crippen LogP contribution in [0.3, 0.4) is 0 Å². The van der Waals surface area contributed by atoms with Gasteiger partial charge in [-0.15, -0.1) is 0 Å². The molecule has 0 aliphatic rings. The van der Waals surface area contributed by atoms with Gasteiger partial charge in [0.1, 0.15) is 5.75 Å². The van der Waals surface area contributed by atoms with Crippen LogP contribution < -0.4 is 10.5 Å². The number of hydrogen-bond donors (Lipinski definition) is 1. The van der Waals surface area contributed by atoms with Crippen LogP contribution in [0.4, 0.5) is 0 Å². The molecule has 3 rings (SSSR count). The second kappa shape index (κ2) is 4.03. The summed E-state index contributed by atoms with van der Waals surface area (Å²) in [6.45, 7) is 0. The molecule has 0 atom stereocenters. The first-order chi connectivity index (χ1) is 8.78. The molecule has 2 aromatic heterocycles. The third-order valence-electron chi connectivity index (χ3n) is 2.71. The molecule has 0 bridgehead atoms. The summed E-state index contributed by atoms with van der Waals surface area (Å²) in [4.78, 5) is 17.8. The predicted molar refractivity (Wildman–Crippen MR) is 66.6 cm³/mol. The summed E-state index contributed by atoms with van der Waals surface area (Å²) in [5, 5.41) is 0. The molecule has 0 aliphatic carbocycles. The molecule has 5 nitrogen and oxygen atoms in total. The fourth-order valence-corrected chi connectivity index (χ4v) is 1.89. The zero-order valence-electron chi connectivity index (χ0n) is 9.64. The van der Waals surface area contributed by atoms with Gasteiger partial charge in [0, 0.05) is 29.6 Å². The molecule has 0 radical (unpaired) electrons. The number of ether oxygens (including phenoxy) is 1. The quantitative estimate of drug-likeness (QED) is 0.747. The SMILES string of the molecule is COc1cc2[nH]c(=O)oc2cc1-c1cccnc1. The van der Waals surface area contributed by atoms with Crippen molar-refractivity contribution in [3.63, 3.8) is 0 Å². The standard InChI is InChI=1S/C13H10N2O3/c1-17-11-6-10-12(18-13(16)15-10)5-9(11)8-3-2-4-14-7-8/h2-7H,1H3,(H,15,16). The number of methoxy groups -OCH3 is 1. The molecule has 3 aromatic rings. The highest BCUT2D eigenvalue weighted by molar-refractivity contribution is 5.84. The molecule has 0 amide bonds. The number of benzene rings is 1. The van der Waals surface area contributed by atoms with E-state index in [0.717, 1.165) is 11.1 Å². The predicted octanol–water partition coefficient (Wildman–Crippen LogP) is 2.19. The van der Waals surface area contributed by atoms with Crippen molar-refractivity contribution in [2.75, 3.05) is 7.11 Å². The molecular weight excluding hydrogens is 232 g/mol. The van der Waals surface area contributed by atoms with Crippen molar-refractivity contribution >= 4 is 11.1 Å². The van der Waals surface area contributed by atoms with Gasteiger partial charge in [-0.3, -0.25) is 9.97 Å². The Kier molecular flexibility index (Phi) is 2.37. The number of pyridine rings is 1. The fourth-order valence-electron chi connectivity index (χ4n) is 1.89. The molecule has 0 spiro atoms. The second-order valence-electron chi connectivity index (χ2n) is 3.80. The molecule has 0 unspecified atom stereocenters. The van der Waals surface area contributed by atoms with Gasteiger partial charge in [0.05, 0.1) is 12.6 Å². The molecule has 5 heteroatoms. The monoisotopic (exact) mass is 242 g/mol. The molecule has 1 aromatic carbocycles. The number of aromatic nitrogens is 2. The Balaban J connectivity index is 2.30. The highest BCUT2D eigenvalue weighted by Gasteiger charge is 2.11. The molecule has 0 saturated carbocycles. The maximum Gasteiger partial charge on any atom is 0.417 e. The van der Waals surface area contributed by atoms with Crippen LogP contribution in [0.15, 0.2) is 45.9 Å². The van der Waals surface area contributed by atoms with E-state index in [2.05, 4.69) is 9.97 Å². The summed E-state index contributed by atoms with van der Waals surface area (Å²) in [7, 11) is 1.58. The number of aromatic amines is 1. The van der Waals surface area contributed by atoms with Crippen molar-refractivity contribution in [2.45, 2.75) is 0 Å². The first-order valence-electron chi connectivity index (χ1n) is 5.39. The van der Waals surface area contributed by atoms with E-state index in [1.165, 1.54) is 0 Å². The maximum atomic E-state index is 11.2. The Hall–Kier alpha value is -2.56. The number of oxazole rings is 1. The molecule has 0 saturated heterocycles.